The number of nitrogens with one attached hydrogen (secondary N) is 1. The van der Waals surface area contributed by atoms with Crippen molar-refractivity contribution in [3.05, 3.63) is 18.4 Å². The molecule has 0 spiro atoms. The maximum absolute atomic E-state index is 11.9. The van der Waals surface area contributed by atoms with Crippen molar-refractivity contribution >= 4 is 21.6 Å². The third kappa shape index (κ3) is 2.40. The second kappa shape index (κ2) is 5.09. The first kappa shape index (κ1) is 13.1. The fourth-order valence-corrected chi connectivity index (χ4v) is 3.38. The standard InChI is InChI=1S/C10H12N2O4S2/c1-3-11-18(13,14)10-7(4-5-16-10)8-6-9(15-2)12-17-8/h4-6,11H,3H2,1-2H3. The van der Waals surface area contributed by atoms with Crippen LogP contribution in [0.4, 0.5) is 0 Å². The van der Waals surface area contributed by atoms with Crippen LogP contribution in [0.1, 0.15) is 6.92 Å². The molecular formula is C10H12N2O4S2. The van der Waals surface area contributed by atoms with Gasteiger partial charge in [-0.3, -0.25) is 0 Å². The zero-order valence-corrected chi connectivity index (χ0v) is 11.5. The van der Waals surface area contributed by atoms with E-state index < -0.39 is 10.0 Å². The van der Waals surface area contributed by atoms with Crippen molar-refractivity contribution < 1.29 is 17.6 Å². The molecule has 0 aliphatic heterocycles. The second-order valence-electron chi connectivity index (χ2n) is 3.36. The summed E-state index contributed by atoms with van der Waals surface area (Å²) in [4.78, 5) is 0.678. The van der Waals surface area contributed by atoms with Crippen molar-refractivity contribution in [2.75, 3.05) is 13.7 Å². The summed E-state index contributed by atoms with van der Waals surface area (Å²) < 4.78 is 40.3. The zero-order valence-electron chi connectivity index (χ0n) is 9.84. The summed E-state index contributed by atoms with van der Waals surface area (Å²) in [6.45, 7) is 2.00. The van der Waals surface area contributed by atoms with Gasteiger partial charge in [-0.15, -0.1) is 0 Å². The van der Waals surface area contributed by atoms with Crippen LogP contribution in [0.15, 0.2) is 27.9 Å². The van der Waals surface area contributed by atoms with E-state index in [2.05, 4.69) is 9.10 Å². The highest BCUT2D eigenvalue weighted by Gasteiger charge is 2.23. The maximum Gasteiger partial charge on any atom is 0.274 e. The van der Waals surface area contributed by atoms with E-state index in [1.807, 2.05) is 0 Å². The van der Waals surface area contributed by atoms with Gasteiger partial charge in [-0.25, -0.2) is 13.1 Å². The number of furan rings is 1. The van der Waals surface area contributed by atoms with Crippen molar-refractivity contribution in [3.8, 4) is 16.3 Å². The molecular weight excluding hydrogens is 276 g/mol. The van der Waals surface area contributed by atoms with Gasteiger partial charge in [0.2, 0.25) is 11.0 Å². The Bertz CT molecular complexity index is 630. The largest absolute Gasteiger partial charge is 0.480 e. The number of nitrogens with zero attached hydrogens (tertiary/aromatic N) is 1. The normalized spacial score (nSPS) is 11.7. The van der Waals surface area contributed by atoms with E-state index in [0.717, 1.165) is 11.5 Å². The van der Waals surface area contributed by atoms with Crippen LogP contribution >= 0.6 is 11.5 Å². The minimum atomic E-state index is -3.62. The molecule has 6 nitrogen and oxygen atoms in total. The van der Waals surface area contributed by atoms with Crippen LogP contribution in [0.3, 0.4) is 0 Å². The van der Waals surface area contributed by atoms with Gasteiger partial charge in [-0.1, -0.05) is 6.92 Å². The highest BCUT2D eigenvalue weighted by atomic mass is 32.2. The van der Waals surface area contributed by atoms with Gasteiger partial charge in [0.1, 0.15) is 0 Å². The molecule has 0 saturated carbocycles. The number of hydrogen-bond donors (Lipinski definition) is 1. The molecule has 2 heterocycles. The minimum Gasteiger partial charge on any atom is -0.480 e. The molecule has 2 aromatic rings. The average Bonchev–Trinajstić information content (AvgIpc) is 2.97. The molecule has 0 unspecified atom stereocenters. The number of methoxy groups -OCH3 is 1. The highest BCUT2D eigenvalue weighted by Crippen LogP contribution is 2.33. The lowest BCUT2D eigenvalue weighted by atomic mass is 10.3. The number of aromatic nitrogens is 1. The van der Waals surface area contributed by atoms with E-state index in [-0.39, 0.29) is 5.09 Å². The maximum atomic E-state index is 11.9. The molecule has 8 heteroatoms. The van der Waals surface area contributed by atoms with Crippen LogP contribution in [0.25, 0.3) is 10.4 Å². The van der Waals surface area contributed by atoms with Gasteiger partial charge < -0.3 is 9.15 Å². The summed E-state index contributed by atoms with van der Waals surface area (Å²) in [5.41, 5.74) is 0.483. The fraction of sp³-hybridized carbons (Fsp3) is 0.300. The van der Waals surface area contributed by atoms with Crippen LogP contribution in [-0.2, 0) is 10.0 Å². The first-order valence-electron chi connectivity index (χ1n) is 5.16. The summed E-state index contributed by atoms with van der Waals surface area (Å²) in [6.07, 6.45) is 1.34. The lowest BCUT2D eigenvalue weighted by molar-refractivity contribution is 0.402. The van der Waals surface area contributed by atoms with Gasteiger partial charge in [0.25, 0.3) is 10.0 Å². The van der Waals surface area contributed by atoms with Crippen LogP contribution in [0.5, 0.6) is 5.88 Å². The molecule has 18 heavy (non-hydrogen) atoms. The van der Waals surface area contributed by atoms with E-state index in [0.29, 0.717) is 22.9 Å². The molecule has 0 bridgehead atoms. The highest BCUT2D eigenvalue weighted by molar-refractivity contribution is 7.89. The quantitative estimate of drug-likeness (QED) is 0.905. The molecule has 2 aromatic heterocycles. The van der Waals surface area contributed by atoms with E-state index in [9.17, 15) is 8.42 Å². The minimum absolute atomic E-state index is 0.101. The summed E-state index contributed by atoms with van der Waals surface area (Å²) >= 11 is 1.15. The Labute approximate surface area is 109 Å². The Morgan fingerprint density at radius 1 is 1.56 bits per heavy atom. The third-order valence-electron chi connectivity index (χ3n) is 2.17. The number of ether oxygens (including phenoxy) is 1. The Hall–Kier alpha value is -1.38. The molecule has 1 N–H and O–H groups in total. The molecule has 2 rings (SSSR count). The lowest BCUT2D eigenvalue weighted by Crippen LogP contribution is -2.23. The smallest absolute Gasteiger partial charge is 0.274 e. The van der Waals surface area contributed by atoms with Crippen LogP contribution in [-0.4, -0.2) is 26.4 Å². The Morgan fingerprint density at radius 2 is 2.33 bits per heavy atom. The van der Waals surface area contributed by atoms with Gasteiger partial charge in [-0.05, 0) is 17.6 Å². The molecule has 0 atom stereocenters. The Morgan fingerprint density at radius 3 is 2.94 bits per heavy atom. The van der Waals surface area contributed by atoms with E-state index >= 15 is 0 Å². The fourth-order valence-electron chi connectivity index (χ4n) is 1.42. The molecule has 0 aromatic carbocycles. The summed E-state index contributed by atoms with van der Waals surface area (Å²) in [6, 6.07) is 3.26. The topological polar surface area (TPSA) is 81.4 Å². The third-order valence-corrected chi connectivity index (χ3v) is 4.45. The molecule has 98 valence electrons. The van der Waals surface area contributed by atoms with Gasteiger partial charge in [0.15, 0.2) is 0 Å². The molecule has 0 aliphatic rings. The molecule has 0 radical (unpaired) electrons. The lowest BCUT2D eigenvalue weighted by Gasteiger charge is -2.02. The zero-order chi connectivity index (χ0) is 13.2. The number of sulfonamides is 1. The Kier molecular flexibility index (Phi) is 3.69. The second-order valence-corrected chi connectivity index (χ2v) is 5.83. The van der Waals surface area contributed by atoms with Gasteiger partial charge in [0.05, 0.1) is 23.8 Å². The Balaban J connectivity index is 2.45. The predicted octanol–water partition coefficient (Wildman–Crippen LogP) is 1.71. The van der Waals surface area contributed by atoms with Gasteiger partial charge >= 0.3 is 0 Å². The molecule has 0 aliphatic carbocycles. The van der Waals surface area contributed by atoms with E-state index in [4.69, 9.17) is 9.15 Å². The van der Waals surface area contributed by atoms with Crippen LogP contribution < -0.4 is 9.46 Å². The van der Waals surface area contributed by atoms with Crippen molar-refractivity contribution in [1.29, 1.82) is 0 Å². The van der Waals surface area contributed by atoms with Gasteiger partial charge in [0, 0.05) is 12.6 Å². The molecule has 0 saturated heterocycles. The van der Waals surface area contributed by atoms with E-state index in [1.54, 1.807) is 19.1 Å². The van der Waals surface area contributed by atoms with Crippen molar-refractivity contribution in [3.63, 3.8) is 0 Å². The number of rotatable bonds is 5. The summed E-state index contributed by atoms with van der Waals surface area (Å²) in [5, 5.41) is -0.101. The van der Waals surface area contributed by atoms with E-state index in [1.165, 1.54) is 13.4 Å². The van der Waals surface area contributed by atoms with Gasteiger partial charge in [-0.2, -0.15) is 4.37 Å². The van der Waals surface area contributed by atoms with Crippen LogP contribution in [0.2, 0.25) is 0 Å². The SMILES string of the molecule is CCNS(=O)(=O)c1occc1-c1cc(OC)ns1. The summed E-state index contributed by atoms with van der Waals surface area (Å²) in [5.74, 6) is 0.447. The van der Waals surface area contributed by atoms with Crippen molar-refractivity contribution in [1.82, 2.24) is 9.10 Å². The van der Waals surface area contributed by atoms with Crippen molar-refractivity contribution in [2.45, 2.75) is 12.0 Å². The summed E-state index contributed by atoms with van der Waals surface area (Å²) in [7, 11) is -2.12. The monoisotopic (exact) mass is 288 g/mol. The van der Waals surface area contributed by atoms with Crippen molar-refractivity contribution in [2.24, 2.45) is 0 Å². The first-order chi connectivity index (χ1) is 8.58. The predicted molar refractivity (Wildman–Crippen MR) is 67.2 cm³/mol. The first-order valence-corrected chi connectivity index (χ1v) is 7.42. The number of hydrogen-bond acceptors (Lipinski definition) is 6. The molecule has 0 fully saturated rings. The average molecular weight is 288 g/mol. The van der Waals surface area contributed by atoms with Crippen LogP contribution in [0, 0.1) is 0 Å². The molecule has 0 amide bonds.